The van der Waals surface area contributed by atoms with E-state index < -0.39 is 50.4 Å². The Bertz CT molecular complexity index is 826. The molecule has 1 aliphatic heterocycles. The van der Waals surface area contributed by atoms with E-state index in [0.29, 0.717) is 16.7 Å². The molecule has 0 aliphatic carbocycles. The highest BCUT2D eigenvalue weighted by atomic mass is 32.2. The Labute approximate surface area is 148 Å². The van der Waals surface area contributed by atoms with Crippen LogP contribution in [0.1, 0.15) is 13.8 Å². The number of nitrogens with two attached hydrogens (primary N) is 1. The van der Waals surface area contributed by atoms with Crippen molar-refractivity contribution in [2.24, 2.45) is 5.73 Å². The minimum atomic E-state index is -5.01. The van der Waals surface area contributed by atoms with Crippen LogP contribution in [0.5, 0.6) is 0 Å². The lowest BCUT2D eigenvalue weighted by atomic mass is 10.2. The second-order valence-corrected chi connectivity index (χ2v) is 6.43. The number of halogens is 3. The van der Waals surface area contributed by atoms with Gasteiger partial charge >= 0.3 is 11.9 Å². The summed E-state index contributed by atoms with van der Waals surface area (Å²) in [5.74, 6) is -2.71. The molecular formula is C13H12F3N5O4S. The normalized spacial score (nSPS) is 17.4. The Morgan fingerprint density at radius 2 is 2.04 bits per heavy atom. The summed E-state index contributed by atoms with van der Waals surface area (Å²) in [6, 6.07) is 2.00. The highest BCUT2D eigenvalue weighted by Crippen LogP contribution is 2.48. The van der Waals surface area contributed by atoms with Crippen molar-refractivity contribution in [3.8, 4) is 0 Å². The Morgan fingerprint density at radius 3 is 2.50 bits per heavy atom. The van der Waals surface area contributed by atoms with Crippen LogP contribution >= 0.6 is 11.8 Å². The number of primary amides is 1. The SMILES string of the molecule is CC(=O)Nc1ccc([N+](=O)[O-])c(N2C(C(F)(F)F)=C(C(N)=O)SC2C)n1. The summed E-state index contributed by atoms with van der Waals surface area (Å²) in [7, 11) is 0. The molecule has 3 N–H and O–H groups in total. The highest BCUT2D eigenvalue weighted by molar-refractivity contribution is 8.05. The Kier molecular flexibility index (Phi) is 5.11. The highest BCUT2D eigenvalue weighted by Gasteiger charge is 2.50. The van der Waals surface area contributed by atoms with Crippen molar-refractivity contribution in [1.29, 1.82) is 0 Å². The molecule has 2 amide bonds. The second kappa shape index (κ2) is 6.82. The molecule has 0 fully saturated rings. The first-order valence-corrected chi connectivity index (χ1v) is 7.81. The van der Waals surface area contributed by atoms with Gasteiger partial charge in [0.05, 0.1) is 10.3 Å². The number of nitrogens with zero attached hydrogens (tertiary/aromatic N) is 3. The average molecular weight is 391 g/mol. The first-order chi connectivity index (χ1) is 11.9. The first-order valence-electron chi connectivity index (χ1n) is 6.93. The second-order valence-electron chi connectivity index (χ2n) is 5.10. The fourth-order valence-corrected chi connectivity index (χ4v) is 3.39. The molecule has 2 rings (SSSR count). The zero-order valence-electron chi connectivity index (χ0n) is 13.3. The van der Waals surface area contributed by atoms with Crippen LogP contribution in [-0.2, 0) is 9.59 Å². The number of aromatic nitrogens is 1. The molecule has 13 heteroatoms. The molecule has 26 heavy (non-hydrogen) atoms. The van der Waals surface area contributed by atoms with Crippen molar-refractivity contribution < 1.29 is 27.7 Å². The van der Waals surface area contributed by atoms with E-state index in [1.807, 2.05) is 0 Å². The number of nitro groups is 1. The van der Waals surface area contributed by atoms with Gasteiger partial charge in [-0.1, -0.05) is 11.8 Å². The topological polar surface area (TPSA) is 131 Å². The molecule has 0 saturated carbocycles. The standard InChI is InChI=1S/C13H12F3N5O4S/c1-5(22)18-8-4-3-7(21(24)25)12(19-8)20-6(2)26-9(11(17)23)10(20)13(14,15)16/h3-4,6H,1-2H3,(H2,17,23)(H,18,19,22). The van der Waals surface area contributed by atoms with Crippen LogP contribution in [0.2, 0.25) is 0 Å². The van der Waals surface area contributed by atoms with E-state index >= 15 is 0 Å². The fourth-order valence-electron chi connectivity index (χ4n) is 2.30. The van der Waals surface area contributed by atoms with Gasteiger partial charge in [-0.05, 0) is 13.0 Å². The van der Waals surface area contributed by atoms with E-state index in [0.717, 1.165) is 19.1 Å². The number of carbonyl (C=O) groups excluding carboxylic acids is 2. The third-order valence-electron chi connectivity index (χ3n) is 3.18. The van der Waals surface area contributed by atoms with Gasteiger partial charge in [-0.15, -0.1) is 0 Å². The summed E-state index contributed by atoms with van der Waals surface area (Å²) in [6.45, 7) is 2.45. The lowest BCUT2D eigenvalue weighted by Gasteiger charge is -2.26. The minimum Gasteiger partial charge on any atom is -0.365 e. The van der Waals surface area contributed by atoms with Crippen molar-refractivity contribution in [2.75, 3.05) is 10.2 Å². The number of hydrogen-bond acceptors (Lipinski definition) is 7. The molecule has 1 atom stereocenters. The van der Waals surface area contributed by atoms with Crippen molar-refractivity contribution in [1.82, 2.24) is 4.98 Å². The summed E-state index contributed by atoms with van der Waals surface area (Å²) in [5.41, 5.74) is 2.87. The van der Waals surface area contributed by atoms with Gasteiger partial charge in [0.25, 0.3) is 5.91 Å². The van der Waals surface area contributed by atoms with Gasteiger partial charge in [0.1, 0.15) is 16.4 Å². The molecule has 140 valence electrons. The summed E-state index contributed by atoms with van der Waals surface area (Å²) < 4.78 is 40.6. The number of hydrogen-bond donors (Lipinski definition) is 2. The van der Waals surface area contributed by atoms with Crippen molar-refractivity contribution >= 4 is 40.9 Å². The molecule has 2 heterocycles. The Balaban J connectivity index is 2.72. The van der Waals surface area contributed by atoms with Crippen LogP contribution in [0.3, 0.4) is 0 Å². The summed E-state index contributed by atoms with van der Waals surface area (Å²) in [6.07, 6.45) is -5.01. The zero-order chi connectivity index (χ0) is 19.8. The van der Waals surface area contributed by atoms with E-state index in [-0.39, 0.29) is 5.82 Å². The molecule has 9 nitrogen and oxygen atoms in total. The predicted molar refractivity (Wildman–Crippen MR) is 87.0 cm³/mol. The fraction of sp³-hybridized carbons (Fsp3) is 0.308. The van der Waals surface area contributed by atoms with Crippen molar-refractivity contribution in [2.45, 2.75) is 25.4 Å². The summed E-state index contributed by atoms with van der Waals surface area (Å²) in [4.78, 5) is 36.4. The van der Waals surface area contributed by atoms with Crippen molar-refractivity contribution in [3.63, 3.8) is 0 Å². The van der Waals surface area contributed by atoms with Gasteiger partial charge in [-0.3, -0.25) is 19.7 Å². The molecule has 0 radical (unpaired) electrons. The smallest absolute Gasteiger partial charge is 0.365 e. The van der Waals surface area contributed by atoms with Gasteiger partial charge in [-0.2, -0.15) is 13.2 Å². The molecule has 1 aromatic heterocycles. The first kappa shape index (κ1) is 19.5. The summed E-state index contributed by atoms with van der Waals surface area (Å²) >= 11 is 0.513. The Morgan fingerprint density at radius 1 is 1.42 bits per heavy atom. The van der Waals surface area contributed by atoms with Gasteiger partial charge in [0.15, 0.2) is 0 Å². The molecule has 0 spiro atoms. The van der Waals surface area contributed by atoms with E-state index in [2.05, 4.69) is 10.3 Å². The molecule has 1 aliphatic rings. The minimum absolute atomic E-state index is 0.177. The van der Waals surface area contributed by atoms with Gasteiger partial charge in [0.2, 0.25) is 11.7 Å². The molecule has 0 bridgehead atoms. The molecule has 0 aromatic carbocycles. The maximum Gasteiger partial charge on any atom is 0.432 e. The number of alkyl halides is 3. The van der Waals surface area contributed by atoms with E-state index in [4.69, 9.17) is 5.73 Å². The monoisotopic (exact) mass is 391 g/mol. The number of carbonyl (C=O) groups is 2. The van der Waals surface area contributed by atoms with Crippen LogP contribution in [-0.4, -0.2) is 33.3 Å². The number of pyridine rings is 1. The van der Waals surface area contributed by atoms with Crippen LogP contribution in [0.15, 0.2) is 22.7 Å². The molecule has 1 unspecified atom stereocenters. The Hall–Kier alpha value is -2.83. The van der Waals surface area contributed by atoms with Crippen LogP contribution in [0, 0.1) is 10.1 Å². The lowest BCUT2D eigenvalue weighted by Crippen LogP contribution is -2.35. The predicted octanol–water partition coefficient (Wildman–Crippen LogP) is 2.11. The molecular weight excluding hydrogens is 379 g/mol. The largest absolute Gasteiger partial charge is 0.432 e. The van der Waals surface area contributed by atoms with E-state index in [1.54, 1.807) is 0 Å². The number of nitrogens with one attached hydrogen (secondary N) is 1. The number of rotatable bonds is 4. The van der Waals surface area contributed by atoms with E-state index in [1.165, 1.54) is 6.92 Å². The van der Waals surface area contributed by atoms with Gasteiger partial charge in [-0.25, -0.2) is 4.98 Å². The van der Waals surface area contributed by atoms with Crippen LogP contribution in [0.4, 0.5) is 30.5 Å². The van der Waals surface area contributed by atoms with Crippen LogP contribution < -0.4 is 16.0 Å². The third-order valence-corrected chi connectivity index (χ3v) is 4.37. The number of allylic oxidation sites excluding steroid dienone is 1. The summed E-state index contributed by atoms with van der Waals surface area (Å²) in [5, 5.41) is 12.4. The average Bonchev–Trinajstić information content (AvgIpc) is 2.84. The molecule has 0 saturated heterocycles. The number of thioether (sulfide) groups is 1. The lowest BCUT2D eigenvalue weighted by molar-refractivity contribution is -0.384. The quantitative estimate of drug-likeness (QED) is 0.593. The van der Waals surface area contributed by atoms with E-state index in [9.17, 15) is 32.9 Å². The van der Waals surface area contributed by atoms with Gasteiger partial charge < -0.3 is 16.0 Å². The number of amides is 2. The van der Waals surface area contributed by atoms with Crippen molar-refractivity contribution in [3.05, 3.63) is 32.8 Å². The molecule has 1 aromatic rings. The maximum atomic E-state index is 13.5. The van der Waals surface area contributed by atoms with Gasteiger partial charge in [0, 0.05) is 13.0 Å². The third kappa shape index (κ3) is 3.71. The zero-order valence-corrected chi connectivity index (χ0v) is 14.1. The number of anilines is 2. The van der Waals surface area contributed by atoms with Crippen LogP contribution in [0.25, 0.3) is 0 Å². The maximum absolute atomic E-state index is 13.5.